The lowest BCUT2D eigenvalue weighted by Crippen LogP contribution is -2.22. The van der Waals surface area contributed by atoms with Crippen molar-refractivity contribution in [3.05, 3.63) is 28.2 Å². The quantitative estimate of drug-likeness (QED) is 0.819. The molecule has 1 saturated heterocycles. The molecule has 1 aromatic carbocycles. The first-order chi connectivity index (χ1) is 8.27. The van der Waals surface area contributed by atoms with Gasteiger partial charge >= 0.3 is 0 Å². The smallest absolute Gasteiger partial charge is 0.0718 e. The standard InChI is InChI=1S/C13H18Cl2N2/c14-11-5-3-6-12(15)13(11)16-7-4-10-17-8-1-2-9-17/h3,5-6,16H,1-2,4,7-10H2. The second kappa shape index (κ2) is 6.48. The first-order valence-corrected chi connectivity index (χ1v) is 6.93. The van der Waals surface area contributed by atoms with Gasteiger partial charge in [0.15, 0.2) is 0 Å². The second-order valence-electron chi connectivity index (χ2n) is 4.43. The molecule has 0 atom stereocenters. The fourth-order valence-electron chi connectivity index (χ4n) is 2.19. The molecular formula is C13H18Cl2N2. The van der Waals surface area contributed by atoms with E-state index in [0.717, 1.165) is 25.2 Å². The molecule has 0 aliphatic carbocycles. The molecule has 2 rings (SSSR count). The third kappa shape index (κ3) is 3.77. The van der Waals surface area contributed by atoms with Crippen molar-refractivity contribution < 1.29 is 0 Å². The summed E-state index contributed by atoms with van der Waals surface area (Å²) in [4.78, 5) is 2.51. The Labute approximate surface area is 113 Å². The SMILES string of the molecule is Clc1cccc(Cl)c1NCCCN1CCCC1. The second-order valence-corrected chi connectivity index (χ2v) is 5.24. The summed E-state index contributed by atoms with van der Waals surface area (Å²) in [5, 5.41) is 4.70. The molecule has 94 valence electrons. The average Bonchev–Trinajstić information content (AvgIpc) is 2.80. The molecule has 1 fully saturated rings. The Morgan fingerprint density at radius 2 is 1.76 bits per heavy atom. The number of para-hydroxylation sites is 1. The first kappa shape index (κ1) is 13.0. The maximum Gasteiger partial charge on any atom is 0.0718 e. The van der Waals surface area contributed by atoms with Crippen LogP contribution in [0.15, 0.2) is 18.2 Å². The zero-order chi connectivity index (χ0) is 12.1. The highest BCUT2D eigenvalue weighted by Gasteiger charge is 2.10. The van der Waals surface area contributed by atoms with Gasteiger partial charge in [-0.1, -0.05) is 29.3 Å². The van der Waals surface area contributed by atoms with Gasteiger partial charge in [-0.15, -0.1) is 0 Å². The van der Waals surface area contributed by atoms with Crippen LogP contribution in [0.4, 0.5) is 5.69 Å². The molecule has 2 nitrogen and oxygen atoms in total. The molecule has 0 aromatic heterocycles. The van der Waals surface area contributed by atoms with Crippen LogP contribution in [0.25, 0.3) is 0 Å². The Bertz CT molecular complexity index is 342. The molecule has 1 aromatic rings. The predicted molar refractivity (Wildman–Crippen MR) is 75.2 cm³/mol. The molecule has 1 aliphatic heterocycles. The highest BCUT2D eigenvalue weighted by Crippen LogP contribution is 2.29. The number of nitrogens with zero attached hydrogens (tertiary/aromatic N) is 1. The van der Waals surface area contributed by atoms with Gasteiger partial charge < -0.3 is 10.2 Å². The number of anilines is 1. The zero-order valence-corrected chi connectivity index (χ0v) is 11.4. The van der Waals surface area contributed by atoms with E-state index in [0.29, 0.717) is 10.0 Å². The molecular weight excluding hydrogens is 255 g/mol. The number of halogens is 2. The van der Waals surface area contributed by atoms with Crippen LogP contribution >= 0.6 is 23.2 Å². The summed E-state index contributed by atoms with van der Waals surface area (Å²) in [7, 11) is 0. The largest absolute Gasteiger partial charge is 0.383 e. The summed E-state index contributed by atoms with van der Waals surface area (Å²) >= 11 is 12.2. The number of nitrogens with one attached hydrogen (secondary N) is 1. The van der Waals surface area contributed by atoms with Gasteiger partial charge in [-0.2, -0.15) is 0 Å². The van der Waals surface area contributed by atoms with Crippen molar-refractivity contribution in [1.82, 2.24) is 4.90 Å². The van der Waals surface area contributed by atoms with Crippen LogP contribution in [0.3, 0.4) is 0 Å². The molecule has 1 N–H and O–H groups in total. The summed E-state index contributed by atoms with van der Waals surface area (Å²) in [5.74, 6) is 0. The molecule has 0 radical (unpaired) electrons. The third-order valence-corrected chi connectivity index (χ3v) is 3.74. The minimum absolute atomic E-state index is 0.693. The maximum absolute atomic E-state index is 6.08. The number of rotatable bonds is 5. The van der Waals surface area contributed by atoms with E-state index in [2.05, 4.69) is 10.2 Å². The number of hydrogen-bond donors (Lipinski definition) is 1. The Balaban J connectivity index is 1.74. The minimum atomic E-state index is 0.693. The fourth-order valence-corrected chi connectivity index (χ4v) is 2.72. The van der Waals surface area contributed by atoms with Crippen molar-refractivity contribution in [3.63, 3.8) is 0 Å². The molecule has 4 heteroatoms. The van der Waals surface area contributed by atoms with Crippen molar-refractivity contribution in [2.75, 3.05) is 31.5 Å². The Kier molecular flexibility index (Phi) is 4.96. The molecule has 0 amide bonds. The van der Waals surface area contributed by atoms with Gasteiger partial charge in [0, 0.05) is 6.54 Å². The Hall–Kier alpha value is -0.440. The Morgan fingerprint density at radius 1 is 1.12 bits per heavy atom. The lowest BCUT2D eigenvalue weighted by atomic mass is 10.3. The molecule has 0 spiro atoms. The van der Waals surface area contributed by atoms with Gasteiger partial charge in [-0.3, -0.25) is 0 Å². The number of likely N-dealkylation sites (tertiary alicyclic amines) is 1. The fraction of sp³-hybridized carbons (Fsp3) is 0.538. The lowest BCUT2D eigenvalue weighted by molar-refractivity contribution is 0.337. The van der Waals surface area contributed by atoms with Gasteiger partial charge in [-0.05, 0) is 51.0 Å². The van der Waals surface area contributed by atoms with Gasteiger partial charge in [0.1, 0.15) is 0 Å². The highest BCUT2D eigenvalue weighted by molar-refractivity contribution is 6.39. The average molecular weight is 273 g/mol. The zero-order valence-electron chi connectivity index (χ0n) is 9.88. The van der Waals surface area contributed by atoms with E-state index in [9.17, 15) is 0 Å². The minimum Gasteiger partial charge on any atom is -0.383 e. The molecule has 0 saturated carbocycles. The van der Waals surface area contributed by atoms with Crippen molar-refractivity contribution in [3.8, 4) is 0 Å². The van der Waals surface area contributed by atoms with E-state index in [4.69, 9.17) is 23.2 Å². The first-order valence-electron chi connectivity index (χ1n) is 6.17. The topological polar surface area (TPSA) is 15.3 Å². The normalized spacial score (nSPS) is 16.4. The lowest BCUT2D eigenvalue weighted by Gasteiger charge is -2.15. The third-order valence-electron chi connectivity index (χ3n) is 3.11. The molecule has 0 bridgehead atoms. The van der Waals surface area contributed by atoms with Crippen LogP contribution in [0.2, 0.25) is 10.0 Å². The molecule has 1 heterocycles. The van der Waals surface area contributed by atoms with Crippen molar-refractivity contribution >= 4 is 28.9 Å². The van der Waals surface area contributed by atoms with Gasteiger partial charge in [0.2, 0.25) is 0 Å². The van der Waals surface area contributed by atoms with Crippen LogP contribution in [0, 0.1) is 0 Å². The van der Waals surface area contributed by atoms with Crippen molar-refractivity contribution in [2.45, 2.75) is 19.3 Å². The summed E-state index contributed by atoms with van der Waals surface area (Å²) < 4.78 is 0. The van der Waals surface area contributed by atoms with E-state index in [1.807, 2.05) is 18.2 Å². The van der Waals surface area contributed by atoms with E-state index < -0.39 is 0 Å². The summed E-state index contributed by atoms with van der Waals surface area (Å²) in [6.07, 6.45) is 3.83. The van der Waals surface area contributed by atoms with Crippen LogP contribution in [-0.2, 0) is 0 Å². The molecule has 0 unspecified atom stereocenters. The van der Waals surface area contributed by atoms with E-state index in [1.54, 1.807) is 0 Å². The summed E-state index contributed by atoms with van der Waals surface area (Å²) in [6, 6.07) is 5.58. The summed E-state index contributed by atoms with van der Waals surface area (Å²) in [5.41, 5.74) is 0.859. The van der Waals surface area contributed by atoms with Crippen LogP contribution in [0.1, 0.15) is 19.3 Å². The van der Waals surface area contributed by atoms with Gasteiger partial charge in [-0.25, -0.2) is 0 Å². The Morgan fingerprint density at radius 3 is 2.41 bits per heavy atom. The van der Waals surface area contributed by atoms with Gasteiger partial charge in [0.05, 0.1) is 15.7 Å². The monoisotopic (exact) mass is 272 g/mol. The van der Waals surface area contributed by atoms with Crippen molar-refractivity contribution in [1.29, 1.82) is 0 Å². The number of hydrogen-bond acceptors (Lipinski definition) is 2. The van der Waals surface area contributed by atoms with Crippen LogP contribution in [-0.4, -0.2) is 31.1 Å². The van der Waals surface area contributed by atoms with E-state index >= 15 is 0 Å². The van der Waals surface area contributed by atoms with E-state index in [-0.39, 0.29) is 0 Å². The number of benzene rings is 1. The van der Waals surface area contributed by atoms with E-state index in [1.165, 1.54) is 25.9 Å². The van der Waals surface area contributed by atoms with Crippen LogP contribution in [0.5, 0.6) is 0 Å². The summed E-state index contributed by atoms with van der Waals surface area (Å²) in [6.45, 7) is 4.59. The molecule has 1 aliphatic rings. The predicted octanol–water partition coefficient (Wildman–Crippen LogP) is 3.89. The van der Waals surface area contributed by atoms with Crippen molar-refractivity contribution in [2.24, 2.45) is 0 Å². The highest BCUT2D eigenvalue weighted by atomic mass is 35.5. The maximum atomic E-state index is 6.08. The van der Waals surface area contributed by atoms with Gasteiger partial charge in [0.25, 0.3) is 0 Å². The van der Waals surface area contributed by atoms with Crippen LogP contribution < -0.4 is 5.32 Å². The molecule has 17 heavy (non-hydrogen) atoms.